The highest BCUT2D eigenvalue weighted by molar-refractivity contribution is 7.92. The van der Waals surface area contributed by atoms with E-state index in [9.17, 15) is 13.2 Å². The first kappa shape index (κ1) is 15.1. The Morgan fingerprint density at radius 2 is 1.86 bits per heavy atom. The van der Waals surface area contributed by atoms with Crippen LogP contribution in [0.1, 0.15) is 22.8 Å². The van der Waals surface area contributed by atoms with E-state index in [1.165, 1.54) is 18.2 Å². The first-order valence-corrected chi connectivity index (χ1v) is 7.86. The van der Waals surface area contributed by atoms with Crippen molar-refractivity contribution >= 4 is 21.7 Å². The van der Waals surface area contributed by atoms with Gasteiger partial charge in [-0.1, -0.05) is 25.1 Å². The molecule has 0 aliphatic rings. The molecule has 5 nitrogen and oxygen atoms in total. The molecule has 2 aromatic rings. The normalized spacial score (nSPS) is 11.1. The highest BCUT2D eigenvalue weighted by Crippen LogP contribution is 2.18. The highest BCUT2D eigenvalue weighted by Gasteiger charge is 2.16. The maximum Gasteiger partial charge on any atom is 0.335 e. The van der Waals surface area contributed by atoms with Gasteiger partial charge in [-0.25, -0.2) is 13.2 Å². The van der Waals surface area contributed by atoms with Gasteiger partial charge in [0.2, 0.25) is 0 Å². The summed E-state index contributed by atoms with van der Waals surface area (Å²) >= 11 is 0. The number of benzene rings is 2. The molecule has 2 aromatic carbocycles. The van der Waals surface area contributed by atoms with E-state index in [0.717, 1.165) is 18.1 Å². The van der Waals surface area contributed by atoms with Gasteiger partial charge in [0.1, 0.15) is 0 Å². The van der Waals surface area contributed by atoms with Crippen LogP contribution in [0.2, 0.25) is 0 Å². The molecule has 2 rings (SSSR count). The quantitative estimate of drug-likeness (QED) is 0.889. The van der Waals surface area contributed by atoms with E-state index in [2.05, 4.69) is 4.72 Å². The molecule has 0 aliphatic carbocycles. The van der Waals surface area contributed by atoms with E-state index < -0.39 is 16.0 Å². The number of carboxylic acids is 1. The summed E-state index contributed by atoms with van der Waals surface area (Å²) in [4.78, 5) is 10.8. The van der Waals surface area contributed by atoms with Gasteiger partial charge in [0, 0.05) is 5.69 Å². The molecule has 0 fully saturated rings. The molecule has 0 saturated heterocycles. The summed E-state index contributed by atoms with van der Waals surface area (Å²) in [7, 11) is -3.81. The second-order valence-corrected chi connectivity index (χ2v) is 6.17. The number of anilines is 1. The van der Waals surface area contributed by atoms with Gasteiger partial charge in [-0.15, -0.1) is 0 Å². The largest absolute Gasteiger partial charge is 0.478 e. The Bertz CT molecular complexity index is 769. The second-order valence-electron chi connectivity index (χ2n) is 4.49. The Labute approximate surface area is 123 Å². The van der Waals surface area contributed by atoms with Gasteiger partial charge in [0.15, 0.2) is 0 Å². The van der Waals surface area contributed by atoms with E-state index >= 15 is 0 Å². The van der Waals surface area contributed by atoms with Gasteiger partial charge in [0.25, 0.3) is 10.0 Å². The van der Waals surface area contributed by atoms with Crippen LogP contribution in [0.25, 0.3) is 0 Å². The number of rotatable bonds is 5. The smallest absolute Gasteiger partial charge is 0.335 e. The number of carboxylic acid groups (broad SMARTS) is 1. The summed E-state index contributed by atoms with van der Waals surface area (Å²) in [6.45, 7) is 1.98. The summed E-state index contributed by atoms with van der Waals surface area (Å²) in [5.41, 5.74) is 1.39. The molecule has 0 saturated carbocycles. The van der Waals surface area contributed by atoms with Crippen LogP contribution < -0.4 is 4.72 Å². The standard InChI is InChI=1S/C15H15NO4S/c1-2-11-5-3-7-13(9-11)16-21(19,20)14-8-4-6-12(10-14)15(17)18/h3-10,16H,2H2,1H3,(H,17,18). The molecule has 2 N–H and O–H groups in total. The van der Waals surface area contributed by atoms with Gasteiger partial charge < -0.3 is 5.11 Å². The lowest BCUT2D eigenvalue weighted by Gasteiger charge is -2.09. The van der Waals surface area contributed by atoms with Crippen molar-refractivity contribution in [2.24, 2.45) is 0 Å². The lowest BCUT2D eigenvalue weighted by Crippen LogP contribution is -2.13. The van der Waals surface area contributed by atoms with Crippen molar-refractivity contribution in [2.45, 2.75) is 18.2 Å². The van der Waals surface area contributed by atoms with Crippen LogP contribution in [0, 0.1) is 0 Å². The van der Waals surface area contributed by atoms with Crippen molar-refractivity contribution in [3.63, 3.8) is 0 Å². The molecule has 0 spiro atoms. The van der Waals surface area contributed by atoms with E-state index in [4.69, 9.17) is 5.11 Å². The molecular formula is C15H15NO4S. The average Bonchev–Trinajstić information content (AvgIpc) is 2.47. The zero-order chi connectivity index (χ0) is 15.5. The minimum atomic E-state index is -3.81. The lowest BCUT2D eigenvalue weighted by molar-refractivity contribution is 0.0696. The summed E-state index contributed by atoms with van der Waals surface area (Å²) in [5.74, 6) is -1.17. The molecule has 0 amide bonds. The average molecular weight is 305 g/mol. The SMILES string of the molecule is CCc1cccc(NS(=O)(=O)c2cccc(C(=O)O)c2)c1. The zero-order valence-electron chi connectivity index (χ0n) is 11.4. The van der Waals surface area contributed by atoms with Crippen molar-refractivity contribution < 1.29 is 18.3 Å². The molecule has 0 unspecified atom stereocenters. The minimum Gasteiger partial charge on any atom is -0.478 e. The first-order chi connectivity index (χ1) is 9.92. The van der Waals surface area contributed by atoms with Crippen LogP contribution in [0.5, 0.6) is 0 Å². The fraction of sp³-hybridized carbons (Fsp3) is 0.133. The van der Waals surface area contributed by atoms with Crippen molar-refractivity contribution in [2.75, 3.05) is 4.72 Å². The predicted octanol–water partition coefficient (Wildman–Crippen LogP) is 2.75. The first-order valence-electron chi connectivity index (χ1n) is 6.37. The van der Waals surface area contributed by atoms with Crippen LogP contribution in [0.4, 0.5) is 5.69 Å². The topological polar surface area (TPSA) is 83.5 Å². The van der Waals surface area contributed by atoms with Gasteiger partial charge in [-0.3, -0.25) is 4.72 Å². The van der Waals surface area contributed by atoms with Gasteiger partial charge in [0.05, 0.1) is 10.5 Å². The number of sulfonamides is 1. The minimum absolute atomic E-state index is 0.0693. The number of hydrogen-bond donors (Lipinski definition) is 2. The van der Waals surface area contributed by atoms with Gasteiger partial charge in [-0.2, -0.15) is 0 Å². The van der Waals surface area contributed by atoms with E-state index in [0.29, 0.717) is 5.69 Å². The van der Waals surface area contributed by atoms with Crippen LogP contribution >= 0.6 is 0 Å². The highest BCUT2D eigenvalue weighted by atomic mass is 32.2. The summed E-state index contributed by atoms with van der Waals surface area (Å²) in [5, 5.41) is 8.92. The van der Waals surface area contributed by atoms with Gasteiger partial charge >= 0.3 is 5.97 Å². The Kier molecular flexibility index (Phi) is 4.28. The van der Waals surface area contributed by atoms with E-state index in [1.807, 2.05) is 13.0 Å². The molecule has 110 valence electrons. The summed E-state index contributed by atoms with van der Waals surface area (Å²) < 4.78 is 27.0. The molecule has 6 heteroatoms. The van der Waals surface area contributed by atoms with Crippen LogP contribution in [-0.4, -0.2) is 19.5 Å². The molecule has 0 heterocycles. The summed E-state index contributed by atoms with van der Waals surface area (Å²) in [6, 6.07) is 12.3. The third-order valence-corrected chi connectivity index (χ3v) is 4.36. The zero-order valence-corrected chi connectivity index (χ0v) is 12.2. The monoisotopic (exact) mass is 305 g/mol. The molecule has 0 radical (unpaired) electrons. The Morgan fingerprint density at radius 1 is 1.14 bits per heavy atom. The molecule has 0 atom stereocenters. The third-order valence-electron chi connectivity index (χ3n) is 2.98. The molecule has 0 bridgehead atoms. The second kappa shape index (κ2) is 5.97. The number of nitrogens with one attached hydrogen (secondary N) is 1. The van der Waals surface area contributed by atoms with Crippen molar-refractivity contribution in [1.82, 2.24) is 0 Å². The van der Waals surface area contributed by atoms with E-state index in [-0.39, 0.29) is 10.5 Å². The predicted molar refractivity (Wildman–Crippen MR) is 80.0 cm³/mol. The van der Waals surface area contributed by atoms with Crippen molar-refractivity contribution in [3.8, 4) is 0 Å². The summed E-state index contributed by atoms with van der Waals surface area (Å²) in [6.07, 6.45) is 0.796. The Morgan fingerprint density at radius 3 is 2.52 bits per heavy atom. The fourth-order valence-electron chi connectivity index (χ4n) is 1.87. The van der Waals surface area contributed by atoms with Crippen LogP contribution in [-0.2, 0) is 16.4 Å². The number of hydrogen-bond acceptors (Lipinski definition) is 3. The van der Waals surface area contributed by atoms with Crippen molar-refractivity contribution in [1.29, 1.82) is 0 Å². The van der Waals surface area contributed by atoms with E-state index in [1.54, 1.807) is 18.2 Å². The molecular weight excluding hydrogens is 290 g/mol. The third kappa shape index (κ3) is 3.61. The van der Waals surface area contributed by atoms with Crippen LogP contribution in [0.15, 0.2) is 53.4 Å². The van der Waals surface area contributed by atoms with Gasteiger partial charge in [-0.05, 0) is 42.3 Å². The molecule has 21 heavy (non-hydrogen) atoms. The Hall–Kier alpha value is -2.34. The van der Waals surface area contributed by atoms with Crippen LogP contribution in [0.3, 0.4) is 0 Å². The maximum atomic E-state index is 12.3. The number of aromatic carboxylic acids is 1. The Balaban J connectivity index is 2.33. The molecule has 0 aliphatic heterocycles. The fourth-order valence-corrected chi connectivity index (χ4v) is 2.96. The maximum absolute atomic E-state index is 12.3. The number of carbonyl (C=O) groups is 1. The van der Waals surface area contributed by atoms with Crippen molar-refractivity contribution in [3.05, 3.63) is 59.7 Å². The number of aryl methyl sites for hydroxylation is 1. The molecule has 0 aromatic heterocycles. The lowest BCUT2D eigenvalue weighted by atomic mass is 10.1.